The van der Waals surface area contributed by atoms with E-state index in [-0.39, 0.29) is 32.8 Å². The van der Waals surface area contributed by atoms with E-state index in [9.17, 15) is 27.9 Å². The predicted molar refractivity (Wildman–Crippen MR) is 160 cm³/mol. The number of urea groups is 1. The van der Waals surface area contributed by atoms with Gasteiger partial charge in [-0.25, -0.2) is 13.2 Å². The van der Waals surface area contributed by atoms with Gasteiger partial charge in [0, 0.05) is 33.4 Å². The van der Waals surface area contributed by atoms with Crippen molar-refractivity contribution in [3.8, 4) is 5.75 Å². The largest absolute Gasteiger partial charge is 0.497 e. The van der Waals surface area contributed by atoms with Gasteiger partial charge in [0.15, 0.2) is 0 Å². The number of ether oxygens (including phenoxy) is 1. The molecule has 2 aliphatic heterocycles. The molecule has 3 fully saturated rings. The zero-order chi connectivity index (χ0) is 30.5. The maximum atomic E-state index is 13.8. The SMILES string of the molecule is CC.COc1ccc(CN2CCCCC/C=C\[C@@H]3C[C@@]3(C(=O)NS(=O)(=O)C3CC3)NC(=O)[C@@H]3C[C@@H](O)CN3C2=O)cc1.[HH]. The number of amides is 4. The van der Waals surface area contributed by atoms with E-state index in [0.717, 1.165) is 31.2 Å². The van der Waals surface area contributed by atoms with Crippen LogP contribution in [0.15, 0.2) is 36.4 Å². The Morgan fingerprint density at radius 1 is 1.17 bits per heavy atom. The van der Waals surface area contributed by atoms with Crippen LogP contribution in [0.4, 0.5) is 4.79 Å². The van der Waals surface area contributed by atoms with Gasteiger partial charge in [-0.2, -0.15) is 0 Å². The number of sulfonamides is 1. The van der Waals surface area contributed by atoms with Gasteiger partial charge >= 0.3 is 6.03 Å². The van der Waals surface area contributed by atoms with Gasteiger partial charge in [0.2, 0.25) is 15.9 Å². The monoisotopic (exact) mass is 606 g/mol. The molecule has 1 aromatic rings. The Bertz CT molecular complexity index is 1270. The minimum Gasteiger partial charge on any atom is -0.497 e. The Kier molecular flexibility index (Phi) is 10.2. The summed E-state index contributed by atoms with van der Waals surface area (Å²) in [6, 6.07) is 6.09. The number of aliphatic hydroxyl groups excluding tert-OH is 1. The molecule has 2 saturated carbocycles. The summed E-state index contributed by atoms with van der Waals surface area (Å²) in [6.07, 6.45) is 7.62. The molecule has 0 unspecified atom stereocenters. The first kappa shape index (κ1) is 31.8. The molecule has 4 amide bonds. The number of aliphatic hydroxyl groups is 1. The summed E-state index contributed by atoms with van der Waals surface area (Å²) in [6.45, 7) is 4.81. The molecule has 234 valence electrons. The fraction of sp³-hybridized carbons (Fsp3) is 0.633. The third-order valence-electron chi connectivity index (χ3n) is 8.26. The van der Waals surface area contributed by atoms with E-state index < -0.39 is 44.8 Å². The van der Waals surface area contributed by atoms with E-state index in [1.807, 2.05) is 50.3 Å². The van der Waals surface area contributed by atoms with Crippen LogP contribution >= 0.6 is 0 Å². The first-order valence-corrected chi connectivity index (χ1v) is 16.6. The Morgan fingerprint density at radius 3 is 2.55 bits per heavy atom. The lowest BCUT2D eigenvalue weighted by Crippen LogP contribution is -2.57. The summed E-state index contributed by atoms with van der Waals surface area (Å²) in [5, 5.41) is 12.7. The number of carbonyl (C=O) groups excluding carboxylic acids is 3. The fourth-order valence-corrected chi connectivity index (χ4v) is 6.98. The molecule has 0 radical (unpaired) electrons. The molecule has 12 heteroatoms. The molecule has 5 rings (SSSR count). The van der Waals surface area contributed by atoms with Gasteiger partial charge in [-0.05, 0) is 56.2 Å². The molecule has 4 aliphatic rings. The minimum absolute atomic E-state index is 0. The smallest absolute Gasteiger partial charge is 0.321 e. The summed E-state index contributed by atoms with van der Waals surface area (Å²) in [4.78, 5) is 43.8. The molecule has 42 heavy (non-hydrogen) atoms. The zero-order valence-electron chi connectivity index (χ0n) is 24.8. The highest BCUT2D eigenvalue weighted by atomic mass is 32.2. The highest BCUT2D eigenvalue weighted by molar-refractivity contribution is 7.91. The van der Waals surface area contributed by atoms with Crippen molar-refractivity contribution in [2.45, 2.75) is 94.7 Å². The van der Waals surface area contributed by atoms with Gasteiger partial charge in [0.05, 0.1) is 18.5 Å². The molecule has 2 heterocycles. The van der Waals surface area contributed by atoms with Crippen LogP contribution in [0, 0.1) is 5.92 Å². The molecule has 0 bridgehead atoms. The third-order valence-corrected chi connectivity index (χ3v) is 10.1. The van der Waals surface area contributed by atoms with Crippen LogP contribution in [0.1, 0.15) is 72.2 Å². The van der Waals surface area contributed by atoms with Crippen molar-refractivity contribution >= 4 is 27.9 Å². The van der Waals surface area contributed by atoms with Crippen LogP contribution < -0.4 is 14.8 Å². The average Bonchev–Trinajstić information content (AvgIpc) is 3.90. The summed E-state index contributed by atoms with van der Waals surface area (Å²) >= 11 is 0. The second kappa shape index (κ2) is 13.5. The first-order chi connectivity index (χ1) is 20.1. The van der Waals surface area contributed by atoms with Crippen molar-refractivity contribution in [3.05, 3.63) is 42.0 Å². The molecular weight excluding hydrogens is 560 g/mol. The lowest BCUT2D eigenvalue weighted by molar-refractivity contribution is -0.131. The summed E-state index contributed by atoms with van der Waals surface area (Å²) in [5.41, 5.74) is -0.495. The van der Waals surface area contributed by atoms with E-state index in [1.165, 1.54) is 4.90 Å². The molecule has 11 nitrogen and oxygen atoms in total. The quantitative estimate of drug-likeness (QED) is 0.422. The normalized spacial score (nSPS) is 29.0. The predicted octanol–water partition coefficient (Wildman–Crippen LogP) is 2.94. The van der Waals surface area contributed by atoms with Crippen molar-refractivity contribution in [1.82, 2.24) is 19.8 Å². The van der Waals surface area contributed by atoms with Crippen LogP contribution in [0.3, 0.4) is 0 Å². The van der Waals surface area contributed by atoms with Crippen LogP contribution in [0.5, 0.6) is 5.75 Å². The van der Waals surface area contributed by atoms with Gasteiger partial charge in [0.1, 0.15) is 17.3 Å². The molecule has 0 spiro atoms. The third kappa shape index (κ3) is 7.26. The van der Waals surface area contributed by atoms with Crippen LogP contribution in [-0.4, -0.2) is 84.3 Å². The second-order valence-corrected chi connectivity index (χ2v) is 13.3. The average molecular weight is 607 g/mol. The van der Waals surface area contributed by atoms with Gasteiger partial charge in [-0.1, -0.05) is 44.6 Å². The molecular formula is C30H46N4O7S. The number of hydrogen-bond donors (Lipinski definition) is 3. The van der Waals surface area contributed by atoms with Crippen molar-refractivity contribution in [2.24, 2.45) is 5.92 Å². The van der Waals surface area contributed by atoms with Gasteiger partial charge in [-0.15, -0.1) is 0 Å². The number of methoxy groups -OCH3 is 1. The number of hydrogen-bond acceptors (Lipinski definition) is 7. The number of fused-ring (bicyclic) bond motifs is 2. The van der Waals surface area contributed by atoms with Crippen molar-refractivity contribution in [3.63, 3.8) is 0 Å². The van der Waals surface area contributed by atoms with Gasteiger partial charge in [0.25, 0.3) is 5.91 Å². The van der Waals surface area contributed by atoms with Gasteiger partial charge < -0.3 is 25.0 Å². The number of carbonyl (C=O) groups is 3. The maximum Gasteiger partial charge on any atom is 0.321 e. The van der Waals surface area contributed by atoms with Crippen LogP contribution in [0.25, 0.3) is 0 Å². The first-order valence-electron chi connectivity index (χ1n) is 15.0. The van der Waals surface area contributed by atoms with Crippen LogP contribution in [-0.2, 0) is 26.2 Å². The fourth-order valence-electron chi connectivity index (χ4n) is 5.62. The number of benzene rings is 1. The topological polar surface area (TPSA) is 145 Å². The van der Waals surface area contributed by atoms with E-state index >= 15 is 0 Å². The number of nitrogens with one attached hydrogen (secondary N) is 2. The zero-order valence-corrected chi connectivity index (χ0v) is 25.6. The lowest BCUT2D eigenvalue weighted by Gasteiger charge is -2.32. The van der Waals surface area contributed by atoms with Crippen molar-refractivity contribution in [1.29, 1.82) is 0 Å². The molecule has 3 N–H and O–H groups in total. The van der Waals surface area contributed by atoms with Crippen molar-refractivity contribution in [2.75, 3.05) is 20.2 Å². The molecule has 4 atom stereocenters. The van der Waals surface area contributed by atoms with E-state index in [2.05, 4.69) is 10.0 Å². The highest BCUT2D eigenvalue weighted by Gasteiger charge is 2.62. The second-order valence-electron chi connectivity index (χ2n) is 11.3. The van der Waals surface area contributed by atoms with E-state index in [1.54, 1.807) is 12.0 Å². The minimum atomic E-state index is -3.80. The molecule has 1 aromatic carbocycles. The molecule has 0 aromatic heterocycles. The standard InChI is InChI=1S/C28H38N4O7S.C2H6.H2/c1-39-22-10-8-19(9-11-22)17-31-14-6-4-2-3-5-7-20-16-28(20,26(35)30-40(37,38)23-12-13-23)29-25(34)24-15-21(33)18-32(24)27(31)36;1-2;/h5,7-11,20-21,23-24,33H,2-4,6,12-18H2,1H3,(H,29,34)(H,30,35);1-2H3;1H/b7-5-;;/t20-,21-,24+,28-;;/m1../s1. The Labute approximate surface area is 250 Å². The van der Waals surface area contributed by atoms with E-state index in [0.29, 0.717) is 31.7 Å². The lowest BCUT2D eigenvalue weighted by atomic mass is 10.1. The number of rotatable bonds is 6. The Balaban J connectivity index is 0.00000165. The highest BCUT2D eigenvalue weighted by Crippen LogP contribution is 2.46. The van der Waals surface area contributed by atoms with Crippen LogP contribution in [0.2, 0.25) is 0 Å². The number of nitrogens with zero attached hydrogens (tertiary/aromatic N) is 2. The summed E-state index contributed by atoms with van der Waals surface area (Å²) in [5.74, 6) is -0.956. The van der Waals surface area contributed by atoms with Crippen molar-refractivity contribution < 1.29 is 34.1 Å². The van der Waals surface area contributed by atoms with E-state index in [4.69, 9.17) is 4.74 Å². The Hall–Kier alpha value is -3.12. The Morgan fingerprint density at radius 2 is 1.88 bits per heavy atom. The molecule has 2 aliphatic carbocycles. The molecule has 1 saturated heterocycles. The van der Waals surface area contributed by atoms with Gasteiger partial charge in [-0.3, -0.25) is 14.3 Å². The summed E-state index contributed by atoms with van der Waals surface area (Å²) in [7, 11) is -2.21. The summed E-state index contributed by atoms with van der Waals surface area (Å²) < 4.78 is 32.5. The maximum absolute atomic E-state index is 13.8. The number of allylic oxidation sites excluding steroid dienone is 1.